The van der Waals surface area contributed by atoms with E-state index in [-0.39, 0.29) is 24.0 Å². The molecule has 0 unspecified atom stereocenters. The minimum Gasteiger partial charge on any atom is -0.490 e. The van der Waals surface area contributed by atoms with Gasteiger partial charge in [-0.25, -0.2) is 0 Å². The topological polar surface area (TPSA) is 71.0 Å². The van der Waals surface area contributed by atoms with E-state index in [2.05, 4.69) is 25.5 Å². The predicted octanol–water partition coefficient (Wildman–Crippen LogP) is 1.35. The van der Waals surface area contributed by atoms with E-state index < -0.39 is 0 Å². The molecule has 7 nitrogen and oxygen atoms in total. The summed E-state index contributed by atoms with van der Waals surface area (Å²) in [6, 6.07) is 4.23. The van der Waals surface area contributed by atoms with Crippen LogP contribution in [0, 0.1) is 0 Å². The zero-order valence-corrected chi connectivity index (χ0v) is 17.4. The summed E-state index contributed by atoms with van der Waals surface area (Å²) in [5.74, 6) is 1.62. The van der Waals surface area contributed by atoms with Crippen molar-refractivity contribution in [2.75, 3.05) is 53.6 Å². The van der Waals surface area contributed by atoms with Crippen LogP contribution in [0.5, 0.6) is 5.75 Å². The molecule has 0 aromatic carbocycles. The van der Waals surface area contributed by atoms with Gasteiger partial charge >= 0.3 is 0 Å². The largest absolute Gasteiger partial charge is 0.490 e. The maximum atomic E-state index is 5.62. The number of pyridine rings is 1. The molecule has 8 heteroatoms. The molecular formula is C17H30IN5O2. The number of nitrogens with zero attached hydrogens (tertiary/aromatic N) is 3. The molecule has 2 N–H and O–H groups in total. The normalized spacial score (nSPS) is 16.2. The van der Waals surface area contributed by atoms with Gasteiger partial charge < -0.3 is 25.0 Å². The van der Waals surface area contributed by atoms with E-state index in [9.17, 15) is 0 Å². The summed E-state index contributed by atoms with van der Waals surface area (Å²) in [6.45, 7) is 5.29. The average Bonchev–Trinajstić information content (AvgIpc) is 2.64. The summed E-state index contributed by atoms with van der Waals surface area (Å²) in [7, 11) is 3.55. The molecule has 1 aliphatic rings. The van der Waals surface area contributed by atoms with Gasteiger partial charge in [0.2, 0.25) is 0 Å². The first-order chi connectivity index (χ1) is 11.8. The van der Waals surface area contributed by atoms with E-state index in [1.54, 1.807) is 26.6 Å². The van der Waals surface area contributed by atoms with Crippen LogP contribution in [-0.2, 0) is 4.74 Å². The van der Waals surface area contributed by atoms with Crippen LogP contribution in [0.25, 0.3) is 0 Å². The van der Waals surface area contributed by atoms with Crippen molar-refractivity contribution in [3.05, 3.63) is 24.5 Å². The van der Waals surface area contributed by atoms with Crippen LogP contribution in [0.3, 0.4) is 0 Å². The Kier molecular flexibility index (Phi) is 11.5. The van der Waals surface area contributed by atoms with Crippen molar-refractivity contribution in [3.63, 3.8) is 0 Å². The molecule has 142 valence electrons. The van der Waals surface area contributed by atoms with Crippen LogP contribution in [-0.4, -0.2) is 75.4 Å². The van der Waals surface area contributed by atoms with Crippen LogP contribution >= 0.6 is 24.0 Å². The molecular weight excluding hydrogens is 433 g/mol. The molecule has 1 aromatic rings. The summed E-state index contributed by atoms with van der Waals surface area (Å²) in [4.78, 5) is 10.8. The fourth-order valence-electron chi connectivity index (χ4n) is 2.68. The van der Waals surface area contributed by atoms with Gasteiger partial charge in [-0.1, -0.05) is 0 Å². The number of methoxy groups -OCH3 is 1. The third kappa shape index (κ3) is 8.68. The van der Waals surface area contributed by atoms with Crippen LogP contribution < -0.4 is 15.4 Å². The number of rotatable bonds is 8. The smallest absolute Gasteiger partial charge is 0.191 e. The second-order valence-electron chi connectivity index (χ2n) is 5.79. The van der Waals surface area contributed by atoms with E-state index in [1.807, 2.05) is 12.1 Å². The number of nitrogens with one attached hydrogen (secondary N) is 2. The highest BCUT2D eigenvalue weighted by Crippen LogP contribution is 2.09. The van der Waals surface area contributed by atoms with Gasteiger partial charge in [0, 0.05) is 46.0 Å². The Balaban J connectivity index is 0.00000312. The number of piperidine rings is 1. The zero-order valence-electron chi connectivity index (χ0n) is 15.1. The highest BCUT2D eigenvalue weighted by atomic mass is 127. The molecule has 1 aliphatic heterocycles. The molecule has 2 heterocycles. The quantitative estimate of drug-likeness (QED) is 0.263. The Hall–Kier alpha value is -1.13. The molecule has 2 rings (SSSR count). The van der Waals surface area contributed by atoms with Crippen molar-refractivity contribution in [1.29, 1.82) is 0 Å². The minimum absolute atomic E-state index is 0. The monoisotopic (exact) mass is 463 g/mol. The summed E-state index contributed by atoms with van der Waals surface area (Å²) in [5.41, 5.74) is 0. The molecule has 0 amide bonds. The van der Waals surface area contributed by atoms with Gasteiger partial charge in [0.05, 0.1) is 19.3 Å². The molecule has 1 aromatic heterocycles. The Morgan fingerprint density at radius 3 is 2.80 bits per heavy atom. The van der Waals surface area contributed by atoms with Crippen molar-refractivity contribution < 1.29 is 9.47 Å². The molecule has 0 saturated carbocycles. The maximum Gasteiger partial charge on any atom is 0.191 e. The van der Waals surface area contributed by atoms with Gasteiger partial charge in [0.1, 0.15) is 12.4 Å². The molecule has 1 fully saturated rings. The lowest BCUT2D eigenvalue weighted by molar-refractivity contribution is 0.128. The minimum atomic E-state index is 0. The first kappa shape index (κ1) is 21.9. The summed E-state index contributed by atoms with van der Waals surface area (Å²) in [6.07, 6.45) is 5.69. The highest BCUT2D eigenvalue weighted by molar-refractivity contribution is 14.0. The van der Waals surface area contributed by atoms with Crippen LogP contribution in [0.1, 0.15) is 12.8 Å². The lowest BCUT2D eigenvalue weighted by Gasteiger charge is -2.32. The lowest BCUT2D eigenvalue weighted by atomic mass is 10.1. The van der Waals surface area contributed by atoms with Crippen molar-refractivity contribution >= 4 is 29.9 Å². The fraction of sp³-hybridized carbons (Fsp3) is 0.647. The third-order valence-electron chi connectivity index (χ3n) is 4.06. The van der Waals surface area contributed by atoms with E-state index >= 15 is 0 Å². The van der Waals surface area contributed by atoms with E-state index in [0.29, 0.717) is 19.2 Å². The number of likely N-dealkylation sites (tertiary alicyclic amines) is 1. The molecule has 0 atom stereocenters. The van der Waals surface area contributed by atoms with Gasteiger partial charge in [0.25, 0.3) is 0 Å². The second-order valence-corrected chi connectivity index (χ2v) is 5.79. The number of hydrogen-bond donors (Lipinski definition) is 2. The SMILES string of the molecule is CN=C(NCCOc1cccnc1)NC1CCN(CCOC)CC1.I. The summed E-state index contributed by atoms with van der Waals surface area (Å²) in [5, 5.41) is 6.79. The van der Waals surface area contributed by atoms with E-state index in [0.717, 1.165) is 50.8 Å². The molecule has 0 radical (unpaired) electrons. The van der Waals surface area contributed by atoms with Gasteiger partial charge in [-0.05, 0) is 25.0 Å². The number of guanidine groups is 1. The number of ether oxygens (including phenoxy) is 2. The van der Waals surface area contributed by atoms with Crippen LogP contribution in [0.4, 0.5) is 0 Å². The van der Waals surface area contributed by atoms with Gasteiger partial charge in [-0.3, -0.25) is 9.98 Å². The standard InChI is InChI=1S/C17H29N5O2.HI/c1-18-17(20-8-12-24-16-4-3-7-19-14-16)21-15-5-9-22(10-6-15)11-13-23-2;/h3-4,7,14-15H,5-6,8-13H2,1-2H3,(H2,18,20,21);1H. The lowest BCUT2D eigenvalue weighted by Crippen LogP contribution is -2.49. The summed E-state index contributed by atoms with van der Waals surface area (Å²) >= 11 is 0. The highest BCUT2D eigenvalue weighted by Gasteiger charge is 2.19. The summed E-state index contributed by atoms with van der Waals surface area (Å²) < 4.78 is 10.8. The Morgan fingerprint density at radius 2 is 2.16 bits per heavy atom. The Labute approximate surface area is 167 Å². The predicted molar refractivity (Wildman–Crippen MR) is 111 cm³/mol. The first-order valence-corrected chi connectivity index (χ1v) is 8.53. The number of halogens is 1. The van der Waals surface area contributed by atoms with Crippen molar-refractivity contribution in [3.8, 4) is 5.75 Å². The van der Waals surface area contributed by atoms with Crippen molar-refractivity contribution in [2.24, 2.45) is 4.99 Å². The van der Waals surface area contributed by atoms with Crippen LogP contribution in [0.15, 0.2) is 29.5 Å². The molecule has 0 bridgehead atoms. The van der Waals surface area contributed by atoms with E-state index in [4.69, 9.17) is 9.47 Å². The Bertz CT molecular complexity index is 481. The van der Waals surface area contributed by atoms with Gasteiger partial charge in [-0.2, -0.15) is 0 Å². The van der Waals surface area contributed by atoms with E-state index in [1.165, 1.54) is 0 Å². The van der Waals surface area contributed by atoms with Gasteiger partial charge in [-0.15, -0.1) is 24.0 Å². The van der Waals surface area contributed by atoms with Crippen molar-refractivity contribution in [1.82, 2.24) is 20.5 Å². The third-order valence-corrected chi connectivity index (χ3v) is 4.06. The Morgan fingerprint density at radius 1 is 1.36 bits per heavy atom. The molecule has 25 heavy (non-hydrogen) atoms. The fourth-order valence-corrected chi connectivity index (χ4v) is 2.68. The molecule has 0 aliphatic carbocycles. The number of hydrogen-bond acceptors (Lipinski definition) is 5. The average molecular weight is 463 g/mol. The second kappa shape index (κ2) is 13.1. The molecule has 1 saturated heterocycles. The van der Waals surface area contributed by atoms with Crippen molar-refractivity contribution in [2.45, 2.75) is 18.9 Å². The first-order valence-electron chi connectivity index (χ1n) is 8.53. The maximum absolute atomic E-state index is 5.62. The molecule has 0 spiro atoms. The number of aromatic nitrogens is 1. The van der Waals surface area contributed by atoms with Crippen LogP contribution in [0.2, 0.25) is 0 Å². The zero-order chi connectivity index (χ0) is 17.0. The number of aliphatic imine (C=N–C) groups is 1. The van der Waals surface area contributed by atoms with Gasteiger partial charge in [0.15, 0.2) is 5.96 Å².